The molecule has 0 atom stereocenters. The van der Waals surface area contributed by atoms with Crippen molar-refractivity contribution in [2.24, 2.45) is 0 Å². The summed E-state index contributed by atoms with van der Waals surface area (Å²) >= 11 is 0. The molecule has 7 aromatic rings. The lowest BCUT2D eigenvalue weighted by Gasteiger charge is -2.05. The van der Waals surface area contributed by atoms with Gasteiger partial charge in [0.05, 0.1) is 27.6 Å². The van der Waals surface area contributed by atoms with Crippen molar-refractivity contribution in [1.82, 2.24) is 19.4 Å². The number of benzene rings is 4. The predicted octanol–water partition coefficient (Wildman–Crippen LogP) is 6.27. The minimum Gasteiger partial charge on any atom is -0.354 e. The third-order valence-corrected chi connectivity index (χ3v) is 5.91. The minimum atomic E-state index is 0.873. The van der Waals surface area contributed by atoms with Crippen molar-refractivity contribution >= 4 is 49.7 Å². The second-order valence-electron chi connectivity index (χ2n) is 7.48. The van der Waals surface area contributed by atoms with Crippen LogP contribution in [0.15, 0.2) is 84.9 Å². The topological polar surface area (TPSA) is 48.9 Å². The van der Waals surface area contributed by atoms with Crippen molar-refractivity contribution < 1.29 is 0 Å². The molecule has 4 aromatic carbocycles. The monoisotopic (exact) mass is 372 g/mol. The molecular formula is C25H16N4. The van der Waals surface area contributed by atoms with E-state index < -0.39 is 0 Å². The van der Waals surface area contributed by atoms with Crippen LogP contribution in [0.1, 0.15) is 0 Å². The van der Waals surface area contributed by atoms with Crippen LogP contribution in [-0.2, 0) is 0 Å². The van der Waals surface area contributed by atoms with Gasteiger partial charge < -0.3 is 9.97 Å². The van der Waals surface area contributed by atoms with E-state index in [1.165, 1.54) is 16.3 Å². The second kappa shape index (κ2) is 5.26. The Kier molecular flexibility index (Phi) is 2.71. The summed E-state index contributed by atoms with van der Waals surface area (Å²) in [7, 11) is 0. The van der Waals surface area contributed by atoms with Gasteiger partial charge in [0.25, 0.3) is 0 Å². The summed E-state index contributed by atoms with van der Waals surface area (Å²) in [4.78, 5) is 12.1. The Morgan fingerprint density at radius 3 is 2.28 bits per heavy atom. The first-order valence-electron chi connectivity index (χ1n) is 9.76. The van der Waals surface area contributed by atoms with E-state index in [2.05, 4.69) is 93.2 Å². The lowest BCUT2D eigenvalue weighted by Crippen LogP contribution is -1.84. The quantitative estimate of drug-likeness (QED) is 0.350. The Morgan fingerprint density at radius 2 is 1.31 bits per heavy atom. The van der Waals surface area contributed by atoms with Gasteiger partial charge in [-0.1, -0.05) is 60.7 Å². The van der Waals surface area contributed by atoms with Crippen molar-refractivity contribution in [2.75, 3.05) is 0 Å². The van der Waals surface area contributed by atoms with Crippen LogP contribution in [0, 0.1) is 0 Å². The number of aromatic nitrogens is 4. The van der Waals surface area contributed by atoms with Crippen LogP contribution in [-0.4, -0.2) is 19.4 Å². The van der Waals surface area contributed by atoms with Crippen molar-refractivity contribution in [1.29, 1.82) is 0 Å². The van der Waals surface area contributed by atoms with Crippen molar-refractivity contribution in [3.63, 3.8) is 0 Å². The summed E-state index contributed by atoms with van der Waals surface area (Å²) in [6.07, 6.45) is 0. The largest absolute Gasteiger partial charge is 0.354 e. The van der Waals surface area contributed by atoms with Crippen LogP contribution >= 0.6 is 0 Å². The van der Waals surface area contributed by atoms with Crippen LogP contribution < -0.4 is 0 Å². The molecule has 4 heteroatoms. The normalized spacial score (nSPS) is 12.1. The standard InChI is InChI=1S/C25H16N4/c1-2-11-19-15(7-1)16-8-5-9-17(23(16)26-19)18-10-6-14-22-24(18)28-25-27-20-12-3-4-13-21(20)29(22)25/h1-14,26H,(H,27,28). The molecule has 0 saturated heterocycles. The van der Waals surface area contributed by atoms with Gasteiger partial charge in [0, 0.05) is 27.4 Å². The predicted molar refractivity (Wildman–Crippen MR) is 119 cm³/mol. The molecule has 0 aliphatic rings. The van der Waals surface area contributed by atoms with E-state index in [4.69, 9.17) is 4.98 Å². The molecule has 0 bridgehead atoms. The van der Waals surface area contributed by atoms with Gasteiger partial charge in [0.1, 0.15) is 0 Å². The molecule has 0 saturated carbocycles. The second-order valence-corrected chi connectivity index (χ2v) is 7.48. The van der Waals surface area contributed by atoms with Gasteiger partial charge in [-0.2, -0.15) is 0 Å². The Bertz CT molecular complexity index is 1710. The summed E-state index contributed by atoms with van der Waals surface area (Å²) in [5.74, 6) is 0.873. The SMILES string of the molecule is c1ccc2c(c1)[nH]c1c(-c3cccc4c3nc3[nH]c5ccccc5n34)cccc12. The maximum Gasteiger partial charge on any atom is 0.213 e. The van der Waals surface area contributed by atoms with E-state index >= 15 is 0 Å². The van der Waals surface area contributed by atoms with Crippen LogP contribution in [0.2, 0.25) is 0 Å². The number of hydrogen-bond donors (Lipinski definition) is 2. The number of H-pyrrole nitrogens is 2. The number of aromatic amines is 2. The molecule has 4 nitrogen and oxygen atoms in total. The molecule has 136 valence electrons. The summed E-state index contributed by atoms with van der Waals surface area (Å²) < 4.78 is 2.21. The van der Waals surface area contributed by atoms with E-state index in [0.717, 1.165) is 44.4 Å². The molecule has 0 spiro atoms. The van der Waals surface area contributed by atoms with Gasteiger partial charge in [0.15, 0.2) is 0 Å². The summed E-state index contributed by atoms with van der Waals surface area (Å²) in [6.45, 7) is 0. The number of fused-ring (bicyclic) bond motifs is 8. The van der Waals surface area contributed by atoms with Gasteiger partial charge in [-0.05, 0) is 24.3 Å². The first kappa shape index (κ1) is 14.9. The molecule has 0 aliphatic carbocycles. The maximum atomic E-state index is 4.98. The molecule has 0 unspecified atom stereocenters. The number of para-hydroxylation sites is 5. The van der Waals surface area contributed by atoms with Gasteiger partial charge in [0.2, 0.25) is 5.78 Å². The van der Waals surface area contributed by atoms with Gasteiger partial charge in [-0.3, -0.25) is 4.40 Å². The Balaban J connectivity index is 1.61. The highest BCUT2D eigenvalue weighted by atomic mass is 15.1. The fraction of sp³-hybridized carbons (Fsp3) is 0. The fourth-order valence-corrected chi connectivity index (χ4v) is 4.64. The highest BCUT2D eigenvalue weighted by Crippen LogP contribution is 2.36. The highest BCUT2D eigenvalue weighted by molar-refractivity contribution is 6.13. The van der Waals surface area contributed by atoms with Gasteiger partial charge >= 0.3 is 0 Å². The number of imidazole rings is 2. The van der Waals surface area contributed by atoms with Crippen LogP contribution in [0.25, 0.3) is 60.8 Å². The number of hydrogen-bond acceptors (Lipinski definition) is 1. The van der Waals surface area contributed by atoms with E-state index in [-0.39, 0.29) is 0 Å². The molecule has 0 radical (unpaired) electrons. The first-order valence-corrected chi connectivity index (χ1v) is 9.76. The lowest BCUT2D eigenvalue weighted by molar-refractivity contribution is 1.28. The Labute approximate surface area is 165 Å². The minimum absolute atomic E-state index is 0.873. The fourth-order valence-electron chi connectivity index (χ4n) is 4.64. The number of nitrogens with one attached hydrogen (secondary N) is 2. The zero-order valence-corrected chi connectivity index (χ0v) is 15.5. The zero-order valence-electron chi connectivity index (χ0n) is 15.5. The molecule has 7 rings (SSSR count). The van der Waals surface area contributed by atoms with Crippen molar-refractivity contribution in [3.8, 4) is 11.1 Å². The van der Waals surface area contributed by atoms with E-state index in [1.807, 2.05) is 6.07 Å². The molecule has 0 aliphatic heterocycles. The smallest absolute Gasteiger partial charge is 0.213 e. The molecule has 3 heterocycles. The molecule has 0 fully saturated rings. The third-order valence-electron chi connectivity index (χ3n) is 5.91. The van der Waals surface area contributed by atoms with Crippen LogP contribution in [0.3, 0.4) is 0 Å². The maximum absolute atomic E-state index is 4.98. The van der Waals surface area contributed by atoms with Gasteiger partial charge in [-0.15, -0.1) is 0 Å². The number of nitrogens with zero attached hydrogens (tertiary/aromatic N) is 2. The Hall–Kier alpha value is -4.05. The average molecular weight is 372 g/mol. The Morgan fingerprint density at radius 1 is 0.586 bits per heavy atom. The summed E-state index contributed by atoms with van der Waals surface area (Å²) in [5.41, 5.74) is 8.99. The molecule has 2 N–H and O–H groups in total. The van der Waals surface area contributed by atoms with E-state index in [1.54, 1.807) is 0 Å². The molecule has 29 heavy (non-hydrogen) atoms. The zero-order chi connectivity index (χ0) is 18.9. The van der Waals surface area contributed by atoms with Crippen LogP contribution in [0.5, 0.6) is 0 Å². The van der Waals surface area contributed by atoms with E-state index in [9.17, 15) is 0 Å². The summed E-state index contributed by atoms with van der Waals surface area (Å²) in [6, 6.07) is 29.7. The van der Waals surface area contributed by atoms with Crippen LogP contribution in [0.4, 0.5) is 0 Å². The van der Waals surface area contributed by atoms with Gasteiger partial charge in [-0.25, -0.2) is 4.98 Å². The molecular weight excluding hydrogens is 356 g/mol. The van der Waals surface area contributed by atoms with Crippen molar-refractivity contribution in [2.45, 2.75) is 0 Å². The summed E-state index contributed by atoms with van der Waals surface area (Å²) in [5, 5.41) is 2.49. The lowest BCUT2D eigenvalue weighted by atomic mass is 10.0. The average Bonchev–Trinajstić information content (AvgIpc) is 3.42. The van der Waals surface area contributed by atoms with E-state index in [0.29, 0.717) is 0 Å². The highest BCUT2D eigenvalue weighted by Gasteiger charge is 2.16. The van der Waals surface area contributed by atoms with Crippen molar-refractivity contribution in [3.05, 3.63) is 84.9 Å². The third kappa shape index (κ3) is 1.90. The molecule has 0 amide bonds. The number of rotatable bonds is 1. The first-order chi connectivity index (χ1) is 14.4. The molecule has 3 aromatic heterocycles.